The SMILES string of the molecule is O=C(O)CC(NC(=O)C(F)(F)F)(c1ccccc1)C(F)(F)F. The molecular formula is C12H9F6NO3. The van der Waals surface area contributed by atoms with Crippen molar-refractivity contribution < 1.29 is 41.0 Å². The maximum absolute atomic E-state index is 13.3. The largest absolute Gasteiger partial charge is 0.481 e. The molecule has 0 aliphatic heterocycles. The minimum absolute atomic E-state index is 0.785. The van der Waals surface area contributed by atoms with Crippen molar-refractivity contribution in [2.45, 2.75) is 24.3 Å². The van der Waals surface area contributed by atoms with E-state index in [0.717, 1.165) is 29.6 Å². The standard InChI is InChI=1S/C12H9F6NO3/c13-11(14,15)9(22)19-10(6-8(20)21,12(16,17)18)7-4-2-1-3-5-7/h1-5H,6H2,(H,19,22)(H,20,21). The molecule has 0 aliphatic carbocycles. The second kappa shape index (κ2) is 5.85. The van der Waals surface area contributed by atoms with Gasteiger partial charge < -0.3 is 10.4 Å². The Morgan fingerprint density at radius 2 is 1.50 bits per heavy atom. The van der Waals surface area contributed by atoms with Crippen LogP contribution in [-0.4, -0.2) is 29.3 Å². The van der Waals surface area contributed by atoms with Crippen molar-refractivity contribution in [1.82, 2.24) is 5.32 Å². The Kier molecular flexibility index (Phi) is 4.73. The molecule has 122 valence electrons. The number of halogens is 6. The lowest BCUT2D eigenvalue weighted by Gasteiger charge is -2.36. The number of rotatable bonds is 4. The van der Waals surface area contributed by atoms with Crippen LogP contribution in [0.2, 0.25) is 0 Å². The Morgan fingerprint density at radius 3 is 1.86 bits per heavy atom. The summed E-state index contributed by atoms with van der Waals surface area (Å²) in [5.41, 5.74) is -4.50. The highest BCUT2D eigenvalue weighted by molar-refractivity contribution is 5.83. The average Bonchev–Trinajstić information content (AvgIpc) is 2.35. The van der Waals surface area contributed by atoms with Gasteiger partial charge in [-0.3, -0.25) is 9.59 Å². The third kappa shape index (κ3) is 3.68. The first-order valence-electron chi connectivity index (χ1n) is 5.63. The molecule has 0 spiro atoms. The third-order valence-electron chi connectivity index (χ3n) is 2.75. The molecule has 0 bridgehead atoms. The van der Waals surface area contributed by atoms with E-state index in [1.807, 2.05) is 0 Å². The van der Waals surface area contributed by atoms with Crippen molar-refractivity contribution in [1.29, 1.82) is 0 Å². The van der Waals surface area contributed by atoms with Crippen LogP contribution in [0.1, 0.15) is 12.0 Å². The van der Waals surface area contributed by atoms with Crippen LogP contribution in [-0.2, 0) is 15.1 Å². The quantitative estimate of drug-likeness (QED) is 0.835. The molecule has 1 aromatic rings. The summed E-state index contributed by atoms with van der Waals surface area (Å²) in [4.78, 5) is 21.7. The molecule has 0 fully saturated rings. The van der Waals surface area contributed by atoms with Gasteiger partial charge in [0.1, 0.15) is 0 Å². The Balaban J connectivity index is 3.47. The number of carboxylic acids is 1. The normalized spacial score (nSPS) is 15.0. The van der Waals surface area contributed by atoms with E-state index in [9.17, 15) is 35.9 Å². The van der Waals surface area contributed by atoms with E-state index >= 15 is 0 Å². The summed E-state index contributed by atoms with van der Waals surface area (Å²) >= 11 is 0. The van der Waals surface area contributed by atoms with E-state index in [0.29, 0.717) is 0 Å². The number of hydrogen-bond acceptors (Lipinski definition) is 2. The van der Waals surface area contributed by atoms with Crippen molar-refractivity contribution in [3.8, 4) is 0 Å². The Bertz CT molecular complexity index is 554. The molecule has 22 heavy (non-hydrogen) atoms. The number of carboxylic acid groups (broad SMARTS) is 1. The molecule has 0 radical (unpaired) electrons. The molecule has 4 nitrogen and oxygen atoms in total. The van der Waals surface area contributed by atoms with Crippen molar-refractivity contribution >= 4 is 11.9 Å². The zero-order valence-electron chi connectivity index (χ0n) is 10.6. The maximum atomic E-state index is 13.3. The van der Waals surface area contributed by atoms with Crippen LogP contribution >= 0.6 is 0 Å². The first-order valence-corrected chi connectivity index (χ1v) is 5.63. The average molecular weight is 329 g/mol. The van der Waals surface area contributed by atoms with E-state index in [2.05, 4.69) is 0 Å². The third-order valence-corrected chi connectivity index (χ3v) is 2.75. The lowest BCUT2D eigenvalue weighted by atomic mass is 9.85. The molecule has 1 atom stereocenters. The fourth-order valence-corrected chi connectivity index (χ4v) is 1.77. The van der Waals surface area contributed by atoms with Crippen LogP contribution in [0.4, 0.5) is 26.3 Å². The van der Waals surface area contributed by atoms with Crippen molar-refractivity contribution in [3.05, 3.63) is 35.9 Å². The highest BCUT2D eigenvalue weighted by atomic mass is 19.4. The van der Waals surface area contributed by atoms with Crippen LogP contribution in [0, 0.1) is 0 Å². The summed E-state index contributed by atoms with van der Waals surface area (Å²) in [5.74, 6) is -4.90. The van der Waals surface area contributed by atoms with Gasteiger partial charge in [-0.25, -0.2) is 0 Å². The number of carbonyl (C=O) groups excluding carboxylic acids is 1. The number of amides is 1. The molecular weight excluding hydrogens is 320 g/mol. The predicted octanol–water partition coefficient (Wildman–Crippen LogP) is 2.60. The van der Waals surface area contributed by atoms with Gasteiger partial charge in [-0.15, -0.1) is 0 Å². The molecule has 0 saturated heterocycles. The fourth-order valence-electron chi connectivity index (χ4n) is 1.77. The Hall–Kier alpha value is -2.26. The van der Waals surface area contributed by atoms with Gasteiger partial charge in [0.25, 0.3) is 0 Å². The fraction of sp³-hybridized carbons (Fsp3) is 0.333. The number of aliphatic carboxylic acids is 1. The molecule has 1 aromatic carbocycles. The molecule has 0 aliphatic rings. The number of hydrogen-bond donors (Lipinski definition) is 2. The maximum Gasteiger partial charge on any atom is 0.471 e. The summed E-state index contributed by atoms with van der Waals surface area (Å²) < 4.78 is 76.9. The van der Waals surface area contributed by atoms with E-state index in [-0.39, 0.29) is 0 Å². The van der Waals surface area contributed by atoms with Gasteiger partial charge in [0.05, 0.1) is 6.42 Å². The van der Waals surface area contributed by atoms with E-state index in [1.165, 1.54) is 6.07 Å². The highest BCUT2D eigenvalue weighted by Crippen LogP contribution is 2.42. The van der Waals surface area contributed by atoms with E-state index in [4.69, 9.17) is 5.11 Å². The summed E-state index contributed by atoms with van der Waals surface area (Å²) in [7, 11) is 0. The molecule has 0 aromatic heterocycles. The summed E-state index contributed by atoms with van der Waals surface area (Å²) in [6.07, 6.45) is -12.8. The van der Waals surface area contributed by atoms with Crippen molar-refractivity contribution in [2.24, 2.45) is 0 Å². The zero-order chi connectivity index (χ0) is 17.2. The Morgan fingerprint density at radius 1 is 1.00 bits per heavy atom. The zero-order valence-corrected chi connectivity index (χ0v) is 10.6. The van der Waals surface area contributed by atoms with Gasteiger partial charge in [0, 0.05) is 0 Å². The summed E-state index contributed by atoms with van der Waals surface area (Å²) in [6.45, 7) is 0. The molecule has 10 heteroatoms. The predicted molar refractivity (Wildman–Crippen MR) is 60.6 cm³/mol. The second-order valence-corrected chi connectivity index (χ2v) is 4.29. The van der Waals surface area contributed by atoms with Gasteiger partial charge >= 0.3 is 24.2 Å². The molecule has 1 unspecified atom stereocenters. The van der Waals surface area contributed by atoms with Crippen LogP contribution < -0.4 is 5.32 Å². The van der Waals surface area contributed by atoms with E-state index in [1.54, 1.807) is 0 Å². The molecule has 1 rings (SSSR count). The Labute approximate surface area is 119 Å². The number of benzene rings is 1. The van der Waals surface area contributed by atoms with E-state index < -0.39 is 41.8 Å². The number of carbonyl (C=O) groups is 2. The van der Waals surface area contributed by atoms with Gasteiger partial charge in [-0.1, -0.05) is 30.3 Å². The van der Waals surface area contributed by atoms with Crippen LogP contribution in [0.5, 0.6) is 0 Å². The lowest BCUT2D eigenvalue weighted by Crippen LogP contribution is -2.59. The number of nitrogens with one attached hydrogen (secondary N) is 1. The van der Waals surface area contributed by atoms with Crippen LogP contribution in [0.25, 0.3) is 0 Å². The minimum Gasteiger partial charge on any atom is -0.481 e. The molecule has 0 heterocycles. The highest BCUT2D eigenvalue weighted by Gasteiger charge is 2.60. The van der Waals surface area contributed by atoms with Crippen LogP contribution in [0.15, 0.2) is 30.3 Å². The summed E-state index contributed by atoms with van der Waals surface area (Å²) in [5, 5.41) is 9.45. The van der Waals surface area contributed by atoms with Gasteiger partial charge in [0.15, 0.2) is 5.54 Å². The molecule has 2 N–H and O–H groups in total. The summed E-state index contributed by atoms with van der Waals surface area (Å²) in [6, 6.07) is 5.02. The van der Waals surface area contributed by atoms with Crippen LogP contribution in [0.3, 0.4) is 0 Å². The van der Waals surface area contributed by atoms with Crippen molar-refractivity contribution in [2.75, 3.05) is 0 Å². The molecule has 0 saturated carbocycles. The van der Waals surface area contributed by atoms with Crippen molar-refractivity contribution in [3.63, 3.8) is 0 Å². The first-order chi connectivity index (χ1) is 9.90. The van der Waals surface area contributed by atoms with Gasteiger partial charge in [-0.05, 0) is 5.56 Å². The second-order valence-electron chi connectivity index (χ2n) is 4.29. The number of alkyl halides is 6. The topological polar surface area (TPSA) is 66.4 Å². The molecule has 1 amide bonds. The monoisotopic (exact) mass is 329 g/mol. The van der Waals surface area contributed by atoms with Gasteiger partial charge in [-0.2, -0.15) is 26.3 Å². The smallest absolute Gasteiger partial charge is 0.471 e. The lowest BCUT2D eigenvalue weighted by molar-refractivity contribution is -0.217. The minimum atomic E-state index is -5.59. The first kappa shape index (κ1) is 17.8. The van der Waals surface area contributed by atoms with Gasteiger partial charge in [0.2, 0.25) is 0 Å².